The zero-order valence-corrected chi connectivity index (χ0v) is 7.53. The highest BCUT2D eigenvalue weighted by Gasteiger charge is 1.85. The van der Waals surface area contributed by atoms with Gasteiger partial charge in [-0.15, -0.1) is 12.4 Å². The fourth-order valence-electron chi connectivity index (χ4n) is 0.865. The van der Waals surface area contributed by atoms with Gasteiger partial charge in [-0.1, -0.05) is 37.3 Å². The summed E-state index contributed by atoms with van der Waals surface area (Å²) in [5, 5.41) is 3.26. The quantitative estimate of drug-likeness (QED) is 0.736. The molecular formula is C9H14ClN. The Kier molecular flexibility index (Phi) is 5.90. The predicted octanol–water partition coefficient (Wildman–Crippen LogP) is 2.22. The third-order valence-electron chi connectivity index (χ3n) is 1.42. The number of benzene rings is 1. The van der Waals surface area contributed by atoms with Crippen LogP contribution in [0.2, 0.25) is 0 Å². The first-order chi connectivity index (χ1) is 4.93. The molecule has 0 bridgehead atoms. The van der Waals surface area contributed by atoms with Crippen molar-refractivity contribution in [3.8, 4) is 0 Å². The second-order valence-electron chi connectivity index (χ2n) is 2.27. The summed E-state index contributed by atoms with van der Waals surface area (Å²) in [5.74, 6) is 0. The maximum absolute atomic E-state index is 3.26. The fraction of sp³-hybridized carbons (Fsp3) is 0.333. The number of hydrogen-bond donors (Lipinski definition) is 1. The van der Waals surface area contributed by atoms with Crippen LogP contribution in [-0.4, -0.2) is 6.54 Å². The molecule has 2 heteroatoms. The standard InChI is InChI=1S/C9H13N.ClH/c1-2-10-8-9-6-4-3-5-7-9;/h3-7,10H,2,8H2,1H3;1H. The van der Waals surface area contributed by atoms with E-state index in [4.69, 9.17) is 0 Å². The summed E-state index contributed by atoms with van der Waals surface area (Å²) in [5.41, 5.74) is 1.35. The molecule has 62 valence electrons. The molecule has 0 aliphatic heterocycles. The van der Waals surface area contributed by atoms with E-state index in [1.165, 1.54) is 5.56 Å². The van der Waals surface area contributed by atoms with Crippen LogP contribution in [0.5, 0.6) is 0 Å². The van der Waals surface area contributed by atoms with Gasteiger partial charge in [-0.05, 0) is 12.1 Å². The van der Waals surface area contributed by atoms with Crippen molar-refractivity contribution in [3.05, 3.63) is 35.9 Å². The molecule has 0 atom stereocenters. The van der Waals surface area contributed by atoms with E-state index >= 15 is 0 Å². The zero-order valence-electron chi connectivity index (χ0n) is 6.71. The van der Waals surface area contributed by atoms with Crippen LogP contribution >= 0.6 is 12.4 Å². The minimum absolute atomic E-state index is 0. The molecule has 0 saturated heterocycles. The minimum atomic E-state index is 0. The van der Waals surface area contributed by atoms with E-state index < -0.39 is 0 Å². The van der Waals surface area contributed by atoms with Gasteiger partial charge in [0.1, 0.15) is 0 Å². The van der Waals surface area contributed by atoms with Crippen LogP contribution in [0.1, 0.15) is 12.5 Å². The van der Waals surface area contributed by atoms with Crippen LogP contribution in [0.3, 0.4) is 0 Å². The van der Waals surface area contributed by atoms with Gasteiger partial charge in [-0.3, -0.25) is 0 Å². The van der Waals surface area contributed by atoms with Crippen LogP contribution < -0.4 is 5.32 Å². The average Bonchev–Trinajstić information content (AvgIpc) is 2.03. The summed E-state index contributed by atoms with van der Waals surface area (Å²) in [6, 6.07) is 10.4. The van der Waals surface area contributed by atoms with Gasteiger partial charge in [0.15, 0.2) is 0 Å². The molecule has 0 aliphatic carbocycles. The van der Waals surface area contributed by atoms with Crippen LogP contribution in [-0.2, 0) is 6.54 Å². The first kappa shape index (κ1) is 10.5. The Morgan fingerprint density at radius 1 is 1.18 bits per heavy atom. The van der Waals surface area contributed by atoms with Crippen molar-refractivity contribution >= 4 is 12.4 Å². The Hall–Kier alpha value is -0.530. The second-order valence-corrected chi connectivity index (χ2v) is 2.27. The molecule has 0 radical (unpaired) electrons. The Morgan fingerprint density at radius 3 is 2.36 bits per heavy atom. The summed E-state index contributed by atoms with van der Waals surface area (Å²) < 4.78 is 0. The largest absolute Gasteiger partial charge is 0.313 e. The van der Waals surface area contributed by atoms with E-state index in [9.17, 15) is 0 Å². The Bertz CT molecular complexity index is 174. The maximum Gasteiger partial charge on any atom is 0.0205 e. The van der Waals surface area contributed by atoms with Crippen molar-refractivity contribution in [1.29, 1.82) is 0 Å². The molecular weight excluding hydrogens is 158 g/mol. The van der Waals surface area contributed by atoms with Crippen LogP contribution in [0, 0.1) is 0 Å². The highest BCUT2D eigenvalue weighted by molar-refractivity contribution is 5.85. The lowest BCUT2D eigenvalue weighted by molar-refractivity contribution is 0.727. The fourth-order valence-corrected chi connectivity index (χ4v) is 0.865. The lowest BCUT2D eigenvalue weighted by Gasteiger charge is -1.99. The van der Waals surface area contributed by atoms with Crippen molar-refractivity contribution in [1.82, 2.24) is 5.32 Å². The van der Waals surface area contributed by atoms with Gasteiger partial charge in [-0.2, -0.15) is 0 Å². The van der Waals surface area contributed by atoms with E-state index in [0.717, 1.165) is 13.1 Å². The van der Waals surface area contributed by atoms with Gasteiger partial charge in [0.25, 0.3) is 0 Å². The van der Waals surface area contributed by atoms with Gasteiger partial charge in [-0.25, -0.2) is 0 Å². The summed E-state index contributed by atoms with van der Waals surface area (Å²) in [6.07, 6.45) is 0. The Morgan fingerprint density at radius 2 is 1.82 bits per heavy atom. The molecule has 11 heavy (non-hydrogen) atoms. The smallest absolute Gasteiger partial charge is 0.0205 e. The van der Waals surface area contributed by atoms with Crippen molar-refractivity contribution in [2.24, 2.45) is 0 Å². The number of halogens is 1. The van der Waals surface area contributed by atoms with E-state index in [1.54, 1.807) is 0 Å². The monoisotopic (exact) mass is 171 g/mol. The second kappa shape index (κ2) is 6.20. The topological polar surface area (TPSA) is 12.0 Å². The van der Waals surface area contributed by atoms with Gasteiger partial charge in [0.2, 0.25) is 0 Å². The SMILES string of the molecule is CCNCc1ccccc1.Cl. The molecule has 1 aromatic rings. The molecule has 0 unspecified atom stereocenters. The molecule has 0 saturated carbocycles. The van der Waals surface area contributed by atoms with E-state index in [1.807, 2.05) is 6.07 Å². The van der Waals surface area contributed by atoms with E-state index in [2.05, 4.69) is 36.5 Å². The predicted molar refractivity (Wildman–Crippen MR) is 51.1 cm³/mol. The summed E-state index contributed by atoms with van der Waals surface area (Å²) in [7, 11) is 0. The van der Waals surface area contributed by atoms with Gasteiger partial charge >= 0.3 is 0 Å². The maximum atomic E-state index is 3.26. The third-order valence-corrected chi connectivity index (χ3v) is 1.42. The first-order valence-electron chi connectivity index (χ1n) is 3.68. The molecule has 0 amide bonds. The minimum Gasteiger partial charge on any atom is -0.313 e. The average molecular weight is 172 g/mol. The van der Waals surface area contributed by atoms with Crippen molar-refractivity contribution in [3.63, 3.8) is 0 Å². The van der Waals surface area contributed by atoms with Crippen molar-refractivity contribution in [2.45, 2.75) is 13.5 Å². The van der Waals surface area contributed by atoms with Crippen molar-refractivity contribution in [2.75, 3.05) is 6.54 Å². The number of nitrogens with one attached hydrogen (secondary N) is 1. The summed E-state index contributed by atoms with van der Waals surface area (Å²) in [6.45, 7) is 4.13. The van der Waals surface area contributed by atoms with Gasteiger partial charge < -0.3 is 5.32 Å². The normalized spacial score (nSPS) is 8.82. The van der Waals surface area contributed by atoms with Crippen LogP contribution in [0.15, 0.2) is 30.3 Å². The summed E-state index contributed by atoms with van der Waals surface area (Å²) in [4.78, 5) is 0. The molecule has 1 nitrogen and oxygen atoms in total. The summed E-state index contributed by atoms with van der Waals surface area (Å²) >= 11 is 0. The number of rotatable bonds is 3. The van der Waals surface area contributed by atoms with Crippen molar-refractivity contribution < 1.29 is 0 Å². The highest BCUT2D eigenvalue weighted by Crippen LogP contribution is 1.96. The zero-order chi connectivity index (χ0) is 7.23. The molecule has 0 fully saturated rings. The lowest BCUT2D eigenvalue weighted by atomic mass is 10.2. The first-order valence-corrected chi connectivity index (χ1v) is 3.68. The van der Waals surface area contributed by atoms with Crippen LogP contribution in [0.25, 0.3) is 0 Å². The van der Waals surface area contributed by atoms with E-state index in [-0.39, 0.29) is 12.4 Å². The molecule has 0 spiro atoms. The lowest BCUT2D eigenvalue weighted by Crippen LogP contribution is -2.11. The highest BCUT2D eigenvalue weighted by atomic mass is 35.5. The molecule has 1 rings (SSSR count). The Balaban J connectivity index is 0.000001000. The number of hydrogen-bond acceptors (Lipinski definition) is 1. The molecule has 0 aliphatic rings. The van der Waals surface area contributed by atoms with E-state index in [0.29, 0.717) is 0 Å². The molecule has 1 N–H and O–H groups in total. The van der Waals surface area contributed by atoms with Gasteiger partial charge in [0, 0.05) is 6.54 Å². The van der Waals surface area contributed by atoms with Crippen LogP contribution in [0.4, 0.5) is 0 Å². The molecule has 0 heterocycles. The molecule has 0 aromatic heterocycles. The van der Waals surface area contributed by atoms with Gasteiger partial charge in [0.05, 0.1) is 0 Å². The molecule has 1 aromatic carbocycles. The third kappa shape index (κ3) is 4.02. The Labute approximate surface area is 74.2 Å².